The van der Waals surface area contributed by atoms with E-state index < -0.39 is 0 Å². The van der Waals surface area contributed by atoms with Crippen LogP contribution in [0.15, 0.2) is 29.9 Å². The normalized spacial score (nSPS) is 10.5. The quantitative estimate of drug-likeness (QED) is 0.342. The van der Waals surface area contributed by atoms with Crippen LogP contribution in [0.5, 0.6) is 0 Å². The third-order valence-corrected chi connectivity index (χ3v) is 1.46. The van der Waals surface area contributed by atoms with Crippen LogP contribution in [0.2, 0.25) is 0 Å². The Labute approximate surface area is 68.9 Å². The zero-order chi connectivity index (χ0) is 8.85. The molecule has 0 N–H and O–H groups in total. The molecule has 62 valence electrons. The molecule has 0 aliphatic rings. The third-order valence-electron chi connectivity index (χ3n) is 1.46. The van der Waals surface area contributed by atoms with E-state index in [1.165, 1.54) is 0 Å². The Morgan fingerprint density at radius 3 is 2.45 bits per heavy atom. The first-order chi connectivity index (χ1) is 5.07. The average Bonchev–Trinajstić information content (AvgIpc) is 1.99. The highest BCUT2D eigenvalue weighted by Crippen LogP contribution is 1.94. The van der Waals surface area contributed by atoms with Gasteiger partial charge in [0.2, 0.25) is 0 Å². The number of allylic oxidation sites excluding steroid dienone is 1. The molecule has 2 heteroatoms. The van der Waals surface area contributed by atoms with Crippen LogP contribution in [0.3, 0.4) is 0 Å². The molecule has 0 aromatic carbocycles. The molecule has 0 spiro atoms. The summed E-state index contributed by atoms with van der Waals surface area (Å²) >= 11 is 0. The van der Waals surface area contributed by atoms with Gasteiger partial charge in [0, 0.05) is 13.1 Å². The van der Waals surface area contributed by atoms with Gasteiger partial charge in [-0.25, -0.2) is 4.99 Å². The van der Waals surface area contributed by atoms with E-state index in [1.807, 2.05) is 11.9 Å². The molecule has 0 unspecified atom stereocenters. The summed E-state index contributed by atoms with van der Waals surface area (Å²) in [5, 5.41) is 0. The summed E-state index contributed by atoms with van der Waals surface area (Å²) in [4.78, 5) is 6.06. The highest BCUT2D eigenvalue weighted by atomic mass is 15.1. The minimum atomic E-state index is 0.469. The topological polar surface area (TPSA) is 15.6 Å². The van der Waals surface area contributed by atoms with E-state index in [-0.39, 0.29) is 0 Å². The molecule has 0 aromatic heterocycles. The maximum absolute atomic E-state index is 4.05. The molecule has 0 amide bonds. The first kappa shape index (κ1) is 9.95. The lowest BCUT2D eigenvalue weighted by Crippen LogP contribution is -2.24. The second-order valence-electron chi connectivity index (χ2n) is 2.70. The molecule has 0 aliphatic carbocycles. The zero-order valence-electron chi connectivity index (χ0n) is 7.54. The van der Waals surface area contributed by atoms with Crippen LogP contribution < -0.4 is 0 Å². The zero-order valence-corrected chi connectivity index (χ0v) is 7.54. The van der Waals surface area contributed by atoms with Gasteiger partial charge < -0.3 is 4.90 Å². The van der Waals surface area contributed by atoms with E-state index >= 15 is 0 Å². The molecule has 0 radical (unpaired) electrons. The lowest BCUT2D eigenvalue weighted by atomic mass is 10.4. The van der Waals surface area contributed by atoms with Gasteiger partial charge in [-0.05, 0) is 19.9 Å². The van der Waals surface area contributed by atoms with Crippen LogP contribution in [0.25, 0.3) is 0 Å². The Balaban J connectivity index is 3.92. The first-order valence-electron chi connectivity index (χ1n) is 3.65. The number of nitrogens with zero attached hydrogens (tertiary/aromatic N) is 2. The maximum Gasteiger partial charge on any atom is 0.0911 e. The molecule has 0 aromatic rings. The third kappa shape index (κ3) is 4.37. The lowest BCUT2D eigenvalue weighted by molar-refractivity contribution is 0.429. The minimum absolute atomic E-state index is 0.469. The fourth-order valence-electron chi connectivity index (χ4n) is 0.351. The predicted molar refractivity (Wildman–Crippen MR) is 50.7 cm³/mol. The van der Waals surface area contributed by atoms with Crippen molar-refractivity contribution in [3.05, 3.63) is 24.9 Å². The number of hydrogen-bond acceptors (Lipinski definition) is 1. The van der Waals surface area contributed by atoms with E-state index in [0.717, 1.165) is 0 Å². The van der Waals surface area contributed by atoms with Crippen molar-refractivity contribution in [2.45, 2.75) is 19.9 Å². The molecule has 2 nitrogen and oxygen atoms in total. The van der Waals surface area contributed by atoms with Gasteiger partial charge in [-0.3, -0.25) is 0 Å². The Hall–Kier alpha value is -1.05. The van der Waals surface area contributed by atoms with Crippen molar-refractivity contribution < 1.29 is 0 Å². The van der Waals surface area contributed by atoms with Crippen molar-refractivity contribution in [1.29, 1.82) is 0 Å². The molecule has 0 saturated carbocycles. The minimum Gasteiger partial charge on any atom is -0.363 e. The van der Waals surface area contributed by atoms with Crippen molar-refractivity contribution in [3.63, 3.8) is 0 Å². The van der Waals surface area contributed by atoms with Crippen LogP contribution in [0, 0.1) is 0 Å². The fourth-order valence-corrected chi connectivity index (χ4v) is 0.351. The molecule has 0 heterocycles. The summed E-state index contributed by atoms with van der Waals surface area (Å²) in [6, 6.07) is 0.469. The SMILES string of the molecule is C=CC(=C)/N=C\N(C)C(C)C. The summed E-state index contributed by atoms with van der Waals surface area (Å²) in [5.41, 5.74) is 0.692. The van der Waals surface area contributed by atoms with E-state index in [0.29, 0.717) is 11.7 Å². The van der Waals surface area contributed by atoms with Crippen LogP contribution in [-0.4, -0.2) is 24.3 Å². The molecule has 0 bridgehead atoms. The summed E-state index contributed by atoms with van der Waals surface area (Å²) in [7, 11) is 1.98. The van der Waals surface area contributed by atoms with Crippen LogP contribution >= 0.6 is 0 Å². The van der Waals surface area contributed by atoms with Crippen molar-refractivity contribution in [3.8, 4) is 0 Å². The standard InChI is InChI=1S/C9H16N2/c1-6-9(4)10-7-11(5)8(2)3/h6-8H,1,4H2,2-3,5H3/b10-7-. The van der Waals surface area contributed by atoms with Crippen LogP contribution in [0.4, 0.5) is 0 Å². The Morgan fingerprint density at radius 1 is 1.55 bits per heavy atom. The monoisotopic (exact) mass is 152 g/mol. The fraction of sp³-hybridized carbons (Fsp3) is 0.444. The molecule has 0 fully saturated rings. The molecule has 0 aliphatic heterocycles. The number of hydrogen-bond donors (Lipinski definition) is 0. The average molecular weight is 152 g/mol. The van der Waals surface area contributed by atoms with Crippen molar-refractivity contribution >= 4 is 6.34 Å². The van der Waals surface area contributed by atoms with Crippen molar-refractivity contribution in [1.82, 2.24) is 4.90 Å². The second kappa shape index (κ2) is 4.72. The van der Waals surface area contributed by atoms with Crippen LogP contribution in [-0.2, 0) is 0 Å². The second-order valence-corrected chi connectivity index (χ2v) is 2.70. The maximum atomic E-state index is 4.05. The summed E-state index contributed by atoms with van der Waals surface area (Å²) in [5.74, 6) is 0. The largest absolute Gasteiger partial charge is 0.363 e. The van der Waals surface area contributed by atoms with Gasteiger partial charge in [-0.2, -0.15) is 0 Å². The Bertz CT molecular complexity index is 168. The van der Waals surface area contributed by atoms with E-state index in [1.54, 1.807) is 12.4 Å². The van der Waals surface area contributed by atoms with Crippen molar-refractivity contribution in [2.75, 3.05) is 7.05 Å². The number of rotatable bonds is 4. The molecule has 0 rings (SSSR count). The van der Waals surface area contributed by atoms with Gasteiger partial charge in [0.1, 0.15) is 0 Å². The van der Waals surface area contributed by atoms with E-state index in [2.05, 4.69) is 32.0 Å². The predicted octanol–water partition coefficient (Wildman–Crippen LogP) is 2.05. The molecular weight excluding hydrogens is 136 g/mol. The van der Waals surface area contributed by atoms with E-state index in [9.17, 15) is 0 Å². The van der Waals surface area contributed by atoms with Crippen LogP contribution in [0.1, 0.15) is 13.8 Å². The number of aliphatic imine (C=N–C) groups is 1. The molecule has 0 saturated heterocycles. The smallest absolute Gasteiger partial charge is 0.0911 e. The van der Waals surface area contributed by atoms with Gasteiger partial charge >= 0.3 is 0 Å². The van der Waals surface area contributed by atoms with Gasteiger partial charge in [-0.15, -0.1) is 0 Å². The molecule has 11 heavy (non-hydrogen) atoms. The Morgan fingerprint density at radius 2 is 2.09 bits per heavy atom. The van der Waals surface area contributed by atoms with E-state index in [4.69, 9.17) is 0 Å². The summed E-state index contributed by atoms with van der Waals surface area (Å²) < 4.78 is 0. The van der Waals surface area contributed by atoms with Gasteiger partial charge in [0.05, 0.1) is 12.0 Å². The van der Waals surface area contributed by atoms with Crippen molar-refractivity contribution in [2.24, 2.45) is 4.99 Å². The van der Waals surface area contributed by atoms with Gasteiger partial charge in [0.25, 0.3) is 0 Å². The van der Waals surface area contributed by atoms with Gasteiger partial charge in [0.15, 0.2) is 0 Å². The first-order valence-corrected chi connectivity index (χ1v) is 3.65. The highest BCUT2D eigenvalue weighted by molar-refractivity contribution is 5.57. The van der Waals surface area contributed by atoms with Gasteiger partial charge in [-0.1, -0.05) is 13.2 Å². The summed E-state index contributed by atoms with van der Waals surface area (Å²) in [6.45, 7) is 11.4. The lowest BCUT2D eigenvalue weighted by Gasteiger charge is -2.16. The molecular formula is C9H16N2. The highest BCUT2D eigenvalue weighted by Gasteiger charge is 1.95. The summed E-state index contributed by atoms with van der Waals surface area (Å²) in [6.07, 6.45) is 3.39. The molecule has 0 atom stereocenters. The Kier molecular flexibility index (Phi) is 4.27.